The summed E-state index contributed by atoms with van der Waals surface area (Å²) < 4.78 is 27.7. The minimum atomic E-state index is -1.05. The van der Waals surface area contributed by atoms with Crippen LogP contribution in [-0.2, 0) is 0 Å². The summed E-state index contributed by atoms with van der Waals surface area (Å²) in [4.78, 5) is 9.30. The standard InChI is InChI=1S/C23H23FN4O3/c24-17-13-25-8-6-20(17)31-21-3-1-2-15-4-5-18(27-23(15)21)19-14-26-22-12-16(30-11-10-29)7-9-28(19)22/h1-5,7,9,12,14,17,20,25,29H,6,8,10-11,13H2. The summed E-state index contributed by atoms with van der Waals surface area (Å²) in [6.45, 7) is 1.23. The Labute approximate surface area is 178 Å². The highest BCUT2D eigenvalue weighted by Crippen LogP contribution is 2.30. The maximum Gasteiger partial charge on any atom is 0.149 e. The minimum Gasteiger partial charge on any atom is -0.491 e. The number of hydrogen-bond acceptors (Lipinski definition) is 6. The van der Waals surface area contributed by atoms with Crippen molar-refractivity contribution >= 4 is 16.6 Å². The molecule has 2 atom stereocenters. The lowest BCUT2D eigenvalue weighted by Gasteiger charge is -2.27. The predicted octanol–water partition coefficient (Wildman–Crippen LogP) is 3.00. The van der Waals surface area contributed by atoms with E-state index in [2.05, 4.69) is 10.3 Å². The van der Waals surface area contributed by atoms with Crippen molar-refractivity contribution < 1.29 is 19.0 Å². The van der Waals surface area contributed by atoms with Crippen LogP contribution < -0.4 is 14.8 Å². The molecule has 0 spiro atoms. The Bertz CT molecular complexity index is 1210. The number of pyridine rings is 2. The molecule has 3 aromatic heterocycles. The molecule has 0 amide bonds. The SMILES string of the molecule is OCCOc1ccn2c(-c3ccc4cccc(OC5CCNCC5F)c4n3)cnc2c1. The first-order chi connectivity index (χ1) is 15.2. The number of piperidine rings is 1. The summed E-state index contributed by atoms with van der Waals surface area (Å²) in [6.07, 6.45) is 2.71. The molecule has 2 N–H and O–H groups in total. The molecule has 1 saturated heterocycles. The topological polar surface area (TPSA) is 80.9 Å². The van der Waals surface area contributed by atoms with Gasteiger partial charge in [0.05, 0.1) is 24.2 Å². The predicted molar refractivity (Wildman–Crippen MR) is 115 cm³/mol. The Kier molecular flexibility index (Phi) is 5.40. The Hall–Kier alpha value is -3.23. The van der Waals surface area contributed by atoms with Gasteiger partial charge in [0.1, 0.15) is 41.5 Å². The number of aliphatic hydroxyl groups is 1. The Morgan fingerprint density at radius 3 is 3.03 bits per heavy atom. The fourth-order valence-corrected chi connectivity index (χ4v) is 3.85. The normalized spacial score (nSPS) is 19.0. The lowest BCUT2D eigenvalue weighted by Crippen LogP contribution is -2.44. The fraction of sp³-hybridized carbons (Fsp3) is 0.304. The molecule has 4 heterocycles. The van der Waals surface area contributed by atoms with Gasteiger partial charge in [-0.2, -0.15) is 0 Å². The first-order valence-electron chi connectivity index (χ1n) is 10.4. The molecule has 8 heteroatoms. The lowest BCUT2D eigenvalue weighted by atomic mass is 10.1. The third kappa shape index (κ3) is 3.92. The number of fused-ring (bicyclic) bond motifs is 2. The molecule has 0 radical (unpaired) electrons. The summed E-state index contributed by atoms with van der Waals surface area (Å²) in [5.41, 5.74) is 2.98. The molecule has 31 heavy (non-hydrogen) atoms. The molecule has 0 aliphatic carbocycles. The van der Waals surface area contributed by atoms with Crippen LogP contribution in [0.1, 0.15) is 6.42 Å². The molecule has 0 saturated carbocycles. The van der Waals surface area contributed by atoms with Crippen LogP contribution in [0.2, 0.25) is 0 Å². The summed E-state index contributed by atoms with van der Waals surface area (Å²) in [6, 6.07) is 13.3. The number of aliphatic hydroxyl groups excluding tert-OH is 1. The van der Waals surface area contributed by atoms with Crippen LogP contribution in [0.15, 0.2) is 54.9 Å². The number of alkyl halides is 1. The molecule has 4 aromatic rings. The molecular formula is C23H23FN4O3. The summed E-state index contributed by atoms with van der Waals surface area (Å²) in [7, 11) is 0. The van der Waals surface area contributed by atoms with Crippen LogP contribution in [0.4, 0.5) is 4.39 Å². The molecule has 1 aliphatic heterocycles. The summed E-state index contributed by atoms with van der Waals surface area (Å²) in [5, 5.41) is 12.9. The third-order valence-electron chi connectivity index (χ3n) is 5.42. The molecular weight excluding hydrogens is 399 g/mol. The highest BCUT2D eigenvalue weighted by atomic mass is 19.1. The highest BCUT2D eigenvalue weighted by molar-refractivity contribution is 5.86. The number of para-hydroxylation sites is 1. The second-order valence-electron chi connectivity index (χ2n) is 7.50. The summed E-state index contributed by atoms with van der Waals surface area (Å²) in [5.74, 6) is 1.23. The average Bonchev–Trinajstić information content (AvgIpc) is 3.22. The van der Waals surface area contributed by atoms with Crippen molar-refractivity contribution in [2.24, 2.45) is 0 Å². The first-order valence-corrected chi connectivity index (χ1v) is 10.4. The van der Waals surface area contributed by atoms with Crippen molar-refractivity contribution in [3.05, 3.63) is 54.9 Å². The lowest BCUT2D eigenvalue weighted by molar-refractivity contribution is 0.0743. The molecule has 1 aromatic carbocycles. The van der Waals surface area contributed by atoms with Crippen molar-refractivity contribution in [1.29, 1.82) is 0 Å². The van der Waals surface area contributed by atoms with Crippen molar-refractivity contribution in [1.82, 2.24) is 19.7 Å². The van der Waals surface area contributed by atoms with Crippen LogP contribution in [-0.4, -0.2) is 58.1 Å². The van der Waals surface area contributed by atoms with Gasteiger partial charge >= 0.3 is 0 Å². The Morgan fingerprint density at radius 2 is 2.16 bits per heavy atom. The van der Waals surface area contributed by atoms with Gasteiger partial charge in [0, 0.05) is 24.2 Å². The van der Waals surface area contributed by atoms with Gasteiger partial charge in [-0.05, 0) is 31.2 Å². The summed E-state index contributed by atoms with van der Waals surface area (Å²) >= 11 is 0. The minimum absolute atomic E-state index is 0.0448. The van der Waals surface area contributed by atoms with Crippen molar-refractivity contribution in [3.8, 4) is 22.9 Å². The second-order valence-corrected chi connectivity index (χ2v) is 7.50. The maximum atomic E-state index is 14.3. The van der Waals surface area contributed by atoms with Gasteiger partial charge < -0.3 is 19.9 Å². The van der Waals surface area contributed by atoms with E-state index in [-0.39, 0.29) is 13.2 Å². The van der Waals surface area contributed by atoms with E-state index in [9.17, 15) is 4.39 Å². The van der Waals surface area contributed by atoms with E-state index in [0.717, 1.165) is 23.3 Å². The van der Waals surface area contributed by atoms with E-state index in [0.29, 0.717) is 35.6 Å². The third-order valence-corrected chi connectivity index (χ3v) is 5.42. The van der Waals surface area contributed by atoms with E-state index in [1.165, 1.54) is 0 Å². The van der Waals surface area contributed by atoms with Crippen molar-refractivity contribution in [3.63, 3.8) is 0 Å². The molecule has 2 unspecified atom stereocenters. The van der Waals surface area contributed by atoms with Crippen molar-refractivity contribution in [2.75, 3.05) is 26.3 Å². The number of ether oxygens (including phenoxy) is 2. The molecule has 7 nitrogen and oxygen atoms in total. The first kappa shape index (κ1) is 19.7. The van der Waals surface area contributed by atoms with Gasteiger partial charge in [-0.25, -0.2) is 14.4 Å². The zero-order valence-corrected chi connectivity index (χ0v) is 16.9. The van der Waals surface area contributed by atoms with E-state index < -0.39 is 12.3 Å². The number of nitrogens with zero attached hydrogens (tertiary/aromatic N) is 3. The molecule has 1 fully saturated rings. The van der Waals surface area contributed by atoms with Gasteiger partial charge in [0.2, 0.25) is 0 Å². The fourth-order valence-electron chi connectivity index (χ4n) is 3.85. The number of nitrogens with one attached hydrogen (secondary N) is 1. The Morgan fingerprint density at radius 1 is 1.23 bits per heavy atom. The van der Waals surface area contributed by atoms with Crippen molar-refractivity contribution in [2.45, 2.75) is 18.7 Å². The van der Waals surface area contributed by atoms with E-state index in [1.807, 2.05) is 53.1 Å². The maximum absolute atomic E-state index is 14.3. The number of aromatic nitrogens is 3. The highest BCUT2D eigenvalue weighted by Gasteiger charge is 2.27. The Balaban J connectivity index is 1.50. The van der Waals surface area contributed by atoms with Gasteiger partial charge in [-0.15, -0.1) is 0 Å². The van der Waals surface area contributed by atoms with E-state index in [1.54, 1.807) is 6.20 Å². The second kappa shape index (κ2) is 8.49. The molecule has 160 valence electrons. The largest absolute Gasteiger partial charge is 0.491 e. The molecule has 5 rings (SSSR count). The average molecular weight is 422 g/mol. The number of rotatable bonds is 6. The van der Waals surface area contributed by atoms with Crippen LogP contribution in [0.3, 0.4) is 0 Å². The number of benzene rings is 1. The smallest absolute Gasteiger partial charge is 0.149 e. The van der Waals surface area contributed by atoms with Crippen LogP contribution in [0.25, 0.3) is 27.9 Å². The number of halogens is 1. The number of hydrogen-bond donors (Lipinski definition) is 2. The van der Waals surface area contributed by atoms with Gasteiger partial charge in [-0.3, -0.25) is 4.40 Å². The quantitative estimate of drug-likeness (QED) is 0.497. The van der Waals surface area contributed by atoms with Gasteiger partial charge in [0.15, 0.2) is 0 Å². The van der Waals surface area contributed by atoms with Gasteiger partial charge in [0.25, 0.3) is 0 Å². The van der Waals surface area contributed by atoms with Crippen LogP contribution in [0.5, 0.6) is 11.5 Å². The zero-order valence-electron chi connectivity index (χ0n) is 16.9. The molecule has 1 aliphatic rings. The van der Waals surface area contributed by atoms with E-state index in [4.69, 9.17) is 19.6 Å². The van der Waals surface area contributed by atoms with Gasteiger partial charge in [-0.1, -0.05) is 18.2 Å². The van der Waals surface area contributed by atoms with Crippen LogP contribution >= 0.6 is 0 Å². The van der Waals surface area contributed by atoms with Crippen LogP contribution in [0, 0.1) is 0 Å². The zero-order chi connectivity index (χ0) is 21.2. The number of imidazole rings is 1. The molecule has 0 bridgehead atoms. The van der Waals surface area contributed by atoms with E-state index >= 15 is 0 Å². The monoisotopic (exact) mass is 422 g/mol.